The largest absolute Gasteiger partial charge is 0.425 e. The zero-order valence-corrected chi connectivity index (χ0v) is 24.1. The number of anilines is 1. The first-order valence-corrected chi connectivity index (χ1v) is 15.5. The van der Waals surface area contributed by atoms with Crippen LogP contribution in [0.25, 0.3) is 0 Å². The molecule has 1 aromatic rings. The summed E-state index contributed by atoms with van der Waals surface area (Å²) in [6.07, 6.45) is 0.200. The maximum Gasteiger partial charge on any atom is 0.420 e. The highest BCUT2D eigenvalue weighted by Crippen LogP contribution is 2.43. The zero-order valence-electron chi connectivity index (χ0n) is 23.1. The molecule has 1 saturated carbocycles. The van der Waals surface area contributed by atoms with Crippen LogP contribution < -0.4 is 15.0 Å². The molecule has 4 nitrogen and oxygen atoms in total. The normalized spacial score (nSPS) is 22.9. The Morgan fingerprint density at radius 3 is 2.06 bits per heavy atom. The van der Waals surface area contributed by atoms with Crippen molar-refractivity contribution in [2.75, 3.05) is 18.1 Å². The van der Waals surface area contributed by atoms with Crippen molar-refractivity contribution in [1.29, 1.82) is 0 Å². The van der Waals surface area contributed by atoms with Crippen molar-refractivity contribution in [3.05, 3.63) is 23.8 Å². The predicted octanol–water partition coefficient (Wildman–Crippen LogP) is 7.63. The van der Waals surface area contributed by atoms with E-state index in [2.05, 4.69) is 23.9 Å². The highest BCUT2D eigenvalue weighted by atomic mass is 28.4. The van der Waals surface area contributed by atoms with Crippen LogP contribution in [0, 0.1) is 11.6 Å². The van der Waals surface area contributed by atoms with Gasteiger partial charge in [0.25, 0.3) is 0 Å². The molecule has 0 radical (unpaired) electrons. The molecule has 1 aliphatic carbocycles. The molecule has 3 rings (SSSR count). The van der Waals surface area contributed by atoms with E-state index in [4.69, 9.17) is 4.43 Å². The van der Waals surface area contributed by atoms with Gasteiger partial charge < -0.3 is 19.4 Å². The Balaban J connectivity index is 1.82. The molecule has 0 aromatic heterocycles. The molecule has 1 aromatic carbocycles. The van der Waals surface area contributed by atoms with Gasteiger partial charge in [-0.2, -0.15) is 8.78 Å². The molecular weight excluding hydrogens is 488 g/mol. The van der Waals surface area contributed by atoms with Crippen LogP contribution in [0.15, 0.2) is 12.1 Å². The van der Waals surface area contributed by atoms with E-state index in [1.54, 1.807) is 0 Å². The summed E-state index contributed by atoms with van der Waals surface area (Å²) in [4.78, 5) is 2.02. The minimum absolute atomic E-state index is 0.0907. The van der Waals surface area contributed by atoms with Crippen LogP contribution in [0.3, 0.4) is 0 Å². The van der Waals surface area contributed by atoms with Gasteiger partial charge in [0, 0.05) is 42.0 Å². The number of alkyl halides is 2. The highest BCUT2D eigenvalue weighted by molar-refractivity contribution is 6.77. The number of nitrogens with zero attached hydrogens (tertiary/aromatic N) is 1. The van der Waals surface area contributed by atoms with E-state index < -0.39 is 38.4 Å². The molecule has 2 fully saturated rings. The fourth-order valence-corrected chi connectivity index (χ4v) is 12.1. The van der Waals surface area contributed by atoms with Crippen LogP contribution in [0.1, 0.15) is 81.1 Å². The summed E-state index contributed by atoms with van der Waals surface area (Å²) in [6, 6.07) is 2.57. The standard InChI is InChI=1S/C27H44F4N2O2Si/c1-17(2)36(18(3)4,19(5)6)34-16-27(30,31)35-25-21(28)13-20(14-22(25)29)33-15-26(7,8)32-23-11-9-10-12-24(23)33/h13-14,17-19,23-24,32H,9-12,15-16H2,1-8H3/t23-,24-/m0/s1. The zero-order chi connectivity index (χ0) is 27.1. The van der Waals surface area contributed by atoms with Gasteiger partial charge in [-0.25, -0.2) is 8.78 Å². The van der Waals surface area contributed by atoms with E-state index in [-0.39, 0.29) is 34.2 Å². The molecule has 206 valence electrons. The average Bonchev–Trinajstić information content (AvgIpc) is 2.74. The monoisotopic (exact) mass is 532 g/mol. The lowest BCUT2D eigenvalue weighted by Gasteiger charge is -2.52. The molecule has 2 aliphatic rings. The van der Waals surface area contributed by atoms with E-state index >= 15 is 8.78 Å². The lowest BCUT2D eigenvalue weighted by Crippen LogP contribution is -2.67. The molecule has 2 atom stereocenters. The van der Waals surface area contributed by atoms with E-state index in [1.807, 2.05) is 46.4 Å². The van der Waals surface area contributed by atoms with Crippen molar-refractivity contribution in [1.82, 2.24) is 5.32 Å². The van der Waals surface area contributed by atoms with E-state index in [0.717, 1.165) is 37.8 Å². The van der Waals surface area contributed by atoms with Gasteiger partial charge in [0.15, 0.2) is 17.4 Å². The molecule has 0 spiro atoms. The SMILES string of the molecule is CC(C)[Si](OCC(F)(F)Oc1c(F)cc(N2CC(C)(C)N[C@H]3CCCC[C@@H]32)cc1F)(C(C)C)C(C)C. The molecule has 1 heterocycles. The second kappa shape index (κ2) is 10.8. The van der Waals surface area contributed by atoms with Crippen molar-refractivity contribution in [2.45, 2.75) is 121 Å². The summed E-state index contributed by atoms with van der Waals surface area (Å²) in [5.74, 6) is -3.32. The lowest BCUT2D eigenvalue weighted by molar-refractivity contribution is -0.200. The van der Waals surface area contributed by atoms with Crippen LogP contribution >= 0.6 is 0 Å². The molecule has 0 amide bonds. The highest BCUT2D eigenvalue weighted by Gasteiger charge is 2.48. The van der Waals surface area contributed by atoms with Gasteiger partial charge in [0.2, 0.25) is 8.32 Å². The van der Waals surface area contributed by atoms with Crippen LogP contribution in [0.4, 0.5) is 23.2 Å². The van der Waals surface area contributed by atoms with Gasteiger partial charge in [-0.1, -0.05) is 54.4 Å². The smallest absolute Gasteiger partial charge is 0.420 e. The minimum atomic E-state index is -3.87. The summed E-state index contributed by atoms with van der Waals surface area (Å²) in [5, 5.41) is 3.65. The first-order chi connectivity index (χ1) is 16.6. The summed E-state index contributed by atoms with van der Waals surface area (Å²) in [6.45, 7) is 15.5. The van der Waals surface area contributed by atoms with E-state index in [9.17, 15) is 8.78 Å². The Labute approximate surface area is 215 Å². The number of benzene rings is 1. The Morgan fingerprint density at radius 1 is 1.00 bits per heavy atom. The molecular formula is C27H44F4N2O2Si. The number of rotatable bonds is 9. The number of halogens is 4. The molecule has 36 heavy (non-hydrogen) atoms. The summed E-state index contributed by atoms with van der Waals surface area (Å²) in [7, 11) is -2.60. The number of hydrogen-bond acceptors (Lipinski definition) is 4. The first kappa shape index (κ1) is 29.2. The summed E-state index contributed by atoms with van der Waals surface area (Å²) < 4.78 is 70.6. The molecule has 0 unspecified atom stereocenters. The van der Waals surface area contributed by atoms with Crippen molar-refractivity contribution in [3.63, 3.8) is 0 Å². The fourth-order valence-electron chi connectivity index (χ4n) is 6.72. The Morgan fingerprint density at radius 2 is 1.53 bits per heavy atom. The fraction of sp³-hybridized carbons (Fsp3) is 0.778. The van der Waals surface area contributed by atoms with Crippen molar-refractivity contribution in [3.8, 4) is 5.75 Å². The van der Waals surface area contributed by atoms with Gasteiger partial charge >= 0.3 is 6.11 Å². The van der Waals surface area contributed by atoms with Gasteiger partial charge in [-0.05, 0) is 43.3 Å². The van der Waals surface area contributed by atoms with Crippen molar-refractivity contribution in [2.24, 2.45) is 0 Å². The van der Waals surface area contributed by atoms with E-state index in [0.29, 0.717) is 12.2 Å². The van der Waals surface area contributed by atoms with Gasteiger partial charge in [-0.15, -0.1) is 0 Å². The topological polar surface area (TPSA) is 33.7 Å². The summed E-state index contributed by atoms with van der Waals surface area (Å²) >= 11 is 0. The maximum absolute atomic E-state index is 15.1. The van der Waals surface area contributed by atoms with Crippen LogP contribution in [-0.4, -0.2) is 45.2 Å². The quantitative estimate of drug-likeness (QED) is 0.262. The number of ether oxygens (including phenoxy) is 1. The molecule has 1 aliphatic heterocycles. The number of piperazine rings is 1. The van der Waals surface area contributed by atoms with Crippen LogP contribution in [-0.2, 0) is 4.43 Å². The van der Waals surface area contributed by atoms with Crippen LogP contribution in [0.5, 0.6) is 5.75 Å². The Hall–Kier alpha value is -1.32. The molecule has 9 heteroatoms. The van der Waals surface area contributed by atoms with E-state index in [1.165, 1.54) is 0 Å². The molecule has 1 saturated heterocycles. The van der Waals surface area contributed by atoms with Gasteiger partial charge in [0.1, 0.15) is 6.61 Å². The third kappa shape index (κ3) is 6.04. The minimum Gasteiger partial charge on any atom is -0.425 e. The number of hydrogen-bond donors (Lipinski definition) is 1. The van der Waals surface area contributed by atoms with Gasteiger partial charge in [-0.3, -0.25) is 0 Å². The van der Waals surface area contributed by atoms with Crippen molar-refractivity contribution >= 4 is 14.0 Å². The van der Waals surface area contributed by atoms with Crippen molar-refractivity contribution < 1.29 is 26.7 Å². The number of nitrogens with one attached hydrogen (secondary N) is 1. The third-order valence-corrected chi connectivity index (χ3v) is 14.1. The molecule has 1 N–H and O–H groups in total. The lowest BCUT2D eigenvalue weighted by atomic mass is 9.83. The second-order valence-electron chi connectivity index (χ2n) is 12.2. The first-order valence-electron chi connectivity index (χ1n) is 13.3. The summed E-state index contributed by atoms with van der Waals surface area (Å²) in [5.41, 5.74) is 0.382. The predicted molar refractivity (Wildman–Crippen MR) is 140 cm³/mol. The van der Waals surface area contributed by atoms with Gasteiger partial charge in [0.05, 0.1) is 0 Å². The molecule has 0 bridgehead atoms. The second-order valence-corrected chi connectivity index (χ2v) is 17.7. The average molecular weight is 533 g/mol. The Kier molecular flexibility index (Phi) is 8.78. The maximum atomic E-state index is 15.1. The van der Waals surface area contributed by atoms with Crippen LogP contribution in [0.2, 0.25) is 16.6 Å². The number of fused-ring (bicyclic) bond motifs is 1. The third-order valence-electron chi connectivity index (χ3n) is 8.03. The Bertz CT molecular complexity index is 865.